The molecule has 5 nitrogen and oxygen atoms in total. The summed E-state index contributed by atoms with van der Waals surface area (Å²) in [6.07, 6.45) is 3.20. The Morgan fingerprint density at radius 3 is 3.05 bits per heavy atom. The number of pyridine rings is 1. The second-order valence-electron chi connectivity index (χ2n) is 3.82. The molecule has 0 fully saturated rings. The first-order valence-electron chi connectivity index (χ1n) is 5.87. The molecule has 0 aliphatic rings. The lowest BCUT2D eigenvalue weighted by Crippen LogP contribution is -2.10. The molecule has 2 aromatic rings. The largest absolute Gasteiger partial charge is 0.492 e. The normalized spacial score (nSPS) is 9.68. The predicted molar refractivity (Wildman–Crippen MR) is 73.2 cm³/mol. The predicted octanol–water partition coefficient (Wildman–Crippen LogP) is 2.03. The van der Waals surface area contributed by atoms with Crippen LogP contribution >= 0.6 is 0 Å². The SMILES string of the molecule is N#Cc1ccncc1Nc1cccc(OCCN)c1. The van der Waals surface area contributed by atoms with Crippen molar-refractivity contribution >= 4 is 11.4 Å². The van der Waals surface area contributed by atoms with Gasteiger partial charge in [0.2, 0.25) is 0 Å². The van der Waals surface area contributed by atoms with E-state index in [1.54, 1.807) is 18.5 Å². The van der Waals surface area contributed by atoms with Crippen molar-refractivity contribution in [3.8, 4) is 11.8 Å². The highest BCUT2D eigenvalue weighted by atomic mass is 16.5. The van der Waals surface area contributed by atoms with Crippen molar-refractivity contribution in [1.82, 2.24) is 4.98 Å². The van der Waals surface area contributed by atoms with E-state index >= 15 is 0 Å². The number of nitrogens with zero attached hydrogens (tertiary/aromatic N) is 2. The van der Waals surface area contributed by atoms with Gasteiger partial charge in [0.05, 0.1) is 17.4 Å². The van der Waals surface area contributed by atoms with Crippen molar-refractivity contribution in [1.29, 1.82) is 5.26 Å². The highest BCUT2D eigenvalue weighted by Crippen LogP contribution is 2.22. The first-order valence-corrected chi connectivity index (χ1v) is 5.87. The van der Waals surface area contributed by atoms with Gasteiger partial charge >= 0.3 is 0 Å². The summed E-state index contributed by atoms with van der Waals surface area (Å²) in [5, 5.41) is 12.2. The zero-order valence-electron chi connectivity index (χ0n) is 10.3. The number of anilines is 2. The third-order valence-electron chi connectivity index (χ3n) is 2.44. The molecule has 0 saturated carbocycles. The average Bonchev–Trinajstić information content (AvgIpc) is 2.46. The minimum Gasteiger partial charge on any atom is -0.492 e. The van der Waals surface area contributed by atoms with Crippen LogP contribution in [0, 0.1) is 11.3 Å². The molecule has 1 aromatic carbocycles. The monoisotopic (exact) mass is 254 g/mol. The zero-order chi connectivity index (χ0) is 13.5. The number of hydrogen-bond acceptors (Lipinski definition) is 5. The van der Waals surface area contributed by atoms with Gasteiger partial charge in [0.15, 0.2) is 0 Å². The van der Waals surface area contributed by atoms with Gasteiger partial charge in [-0.15, -0.1) is 0 Å². The van der Waals surface area contributed by atoms with E-state index in [2.05, 4.69) is 16.4 Å². The molecule has 1 heterocycles. The Morgan fingerprint density at radius 2 is 2.26 bits per heavy atom. The molecule has 1 aromatic heterocycles. The smallest absolute Gasteiger partial charge is 0.121 e. The number of nitriles is 1. The van der Waals surface area contributed by atoms with E-state index in [-0.39, 0.29) is 0 Å². The Hall–Kier alpha value is -2.58. The van der Waals surface area contributed by atoms with E-state index in [4.69, 9.17) is 15.7 Å². The first kappa shape index (κ1) is 12.9. The molecule has 0 radical (unpaired) electrons. The Kier molecular flexibility index (Phi) is 4.32. The molecule has 0 bridgehead atoms. The van der Waals surface area contributed by atoms with Gasteiger partial charge in [0, 0.05) is 24.5 Å². The highest BCUT2D eigenvalue weighted by molar-refractivity contribution is 5.66. The summed E-state index contributed by atoms with van der Waals surface area (Å²) < 4.78 is 5.44. The fourth-order valence-corrected chi connectivity index (χ4v) is 1.59. The minimum absolute atomic E-state index is 0.471. The maximum absolute atomic E-state index is 9.01. The summed E-state index contributed by atoms with van der Waals surface area (Å²) in [5.74, 6) is 0.734. The van der Waals surface area contributed by atoms with E-state index < -0.39 is 0 Å². The number of nitrogens with two attached hydrogens (primary N) is 1. The van der Waals surface area contributed by atoms with Crippen molar-refractivity contribution in [2.24, 2.45) is 5.73 Å². The number of benzene rings is 1. The van der Waals surface area contributed by atoms with Gasteiger partial charge in [-0.3, -0.25) is 4.98 Å². The van der Waals surface area contributed by atoms with Crippen LogP contribution in [0.4, 0.5) is 11.4 Å². The van der Waals surface area contributed by atoms with Crippen LogP contribution in [0.2, 0.25) is 0 Å². The van der Waals surface area contributed by atoms with E-state index in [1.807, 2.05) is 24.3 Å². The number of ether oxygens (including phenoxy) is 1. The van der Waals surface area contributed by atoms with Crippen LogP contribution in [-0.4, -0.2) is 18.1 Å². The quantitative estimate of drug-likeness (QED) is 0.853. The van der Waals surface area contributed by atoms with E-state index in [0.717, 1.165) is 11.4 Å². The van der Waals surface area contributed by atoms with Crippen molar-refractivity contribution in [3.63, 3.8) is 0 Å². The second kappa shape index (κ2) is 6.38. The van der Waals surface area contributed by atoms with Crippen LogP contribution in [-0.2, 0) is 0 Å². The number of nitrogens with one attached hydrogen (secondary N) is 1. The molecule has 0 saturated heterocycles. The summed E-state index contributed by atoms with van der Waals surface area (Å²) in [4.78, 5) is 4.00. The average molecular weight is 254 g/mol. The summed E-state index contributed by atoms with van der Waals surface area (Å²) in [7, 11) is 0. The van der Waals surface area contributed by atoms with Gasteiger partial charge in [0.1, 0.15) is 18.4 Å². The van der Waals surface area contributed by atoms with Gasteiger partial charge in [0.25, 0.3) is 0 Å². The number of rotatable bonds is 5. The van der Waals surface area contributed by atoms with Crippen LogP contribution in [0.25, 0.3) is 0 Å². The van der Waals surface area contributed by atoms with Gasteiger partial charge in [-0.2, -0.15) is 5.26 Å². The Balaban J connectivity index is 2.17. The lowest BCUT2D eigenvalue weighted by atomic mass is 10.2. The Bertz CT molecular complexity index is 592. The van der Waals surface area contributed by atoms with Crippen LogP contribution in [0.3, 0.4) is 0 Å². The third kappa shape index (κ3) is 3.44. The lowest BCUT2D eigenvalue weighted by Gasteiger charge is -2.10. The maximum atomic E-state index is 9.01. The van der Waals surface area contributed by atoms with E-state index in [9.17, 15) is 0 Å². The molecule has 2 rings (SSSR count). The van der Waals surface area contributed by atoms with E-state index in [0.29, 0.717) is 24.4 Å². The molecule has 0 spiro atoms. The van der Waals surface area contributed by atoms with Crippen molar-refractivity contribution < 1.29 is 4.74 Å². The molecule has 3 N–H and O–H groups in total. The maximum Gasteiger partial charge on any atom is 0.121 e. The van der Waals surface area contributed by atoms with Gasteiger partial charge in [-0.25, -0.2) is 0 Å². The fourth-order valence-electron chi connectivity index (χ4n) is 1.59. The minimum atomic E-state index is 0.471. The molecule has 0 aliphatic heterocycles. The number of aromatic nitrogens is 1. The number of hydrogen-bond donors (Lipinski definition) is 2. The zero-order valence-corrected chi connectivity index (χ0v) is 10.3. The fraction of sp³-hybridized carbons (Fsp3) is 0.143. The summed E-state index contributed by atoms with van der Waals surface area (Å²) in [6.45, 7) is 0.943. The molecular formula is C14H14N4O. The Morgan fingerprint density at radius 1 is 1.37 bits per heavy atom. The van der Waals surface area contributed by atoms with Gasteiger partial charge in [-0.1, -0.05) is 6.07 Å². The van der Waals surface area contributed by atoms with Gasteiger partial charge < -0.3 is 15.8 Å². The molecule has 5 heteroatoms. The first-order chi connectivity index (χ1) is 9.33. The molecule has 0 atom stereocenters. The van der Waals surface area contributed by atoms with Crippen LogP contribution in [0.1, 0.15) is 5.56 Å². The van der Waals surface area contributed by atoms with Crippen LogP contribution < -0.4 is 15.8 Å². The summed E-state index contributed by atoms with van der Waals surface area (Å²) in [6, 6.07) is 11.2. The summed E-state index contributed by atoms with van der Waals surface area (Å²) >= 11 is 0. The molecule has 0 aliphatic carbocycles. The Labute approximate surface area is 111 Å². The third-order valence-corrected chi connectivity index (χ3v) is 2.44. The molecule has 19 heavy (non-hydrogen) atoms. The summed E-state index contributed by atoms with van der Waals surface area (Å²) in [5.41, 5.74) is 7.44. The molecule has 96 valence electrons. The van der Waals surface area contributed by atoms with Crippen molar-refractivity contribution in [2.45, 2.75) is 0 Å². The van der Waals surface area contributed by atoms with Crippen LogP contribution in [0.5, 0.6) is 5.75 Å². The second-order valence-corrected chi connectivity index (χ2v) is 3.82. The lowest BCUT2D eigenvalue weighted by molar-refractivity contribution is 0.328. The van der Waals surface area contributed by atoms with Crippen molar-refractivity contribution in [3.05, 3.63) is 48.3 Å². The van der Waals surface area contributed by atoms with Crippen molar-refractivity contribution in [2.75, 3.05) is 18.5 Å². The molecule has 0 amide bonds. The highest BCUT2D eigenvalue weighted by Gasteiger charge is 2.02. The van der Waals surface area contributed by atoms with Crippen LogP contribution in [0.15, 0.2) is 42.7 Å². The van der Waals surface area contributed by atoms with Gasteiger partial charge in [-0.05, 0) is 18.2 Å². The topological polar surface area (TPSA) is 84.0 Å². The molecular weight excluding hydrogens is 240 g/mol. The van der Waals surface area contributed by atoms with E-state index in [1.165, 1.54) is 0 Å². The molecule has 0 unspecified atom stereocenters. The standard InChI is InChI=1S/C14H14N4O/c15-5-7-19-13-3-1-2-12(8-13)18-14-10-17-6-4-11(14)9-16/h1-4,6,8,10,18H,5,7,15H2.